The lowest BCUT2D eigenvalue weighted by Crippen LogP contribution is -2.49. The van der Waals surface area contributed by atoms with Crippen LogP contribution in [0, 0.1) is 0 Å². The Labute approximate surface area is 167 Å². The van der Waals surface area contributed by atoms with Crippen molar-refractivity contribution in [1.82, 2.24) is 20.0 Å². The smallest absolute Gasteiger partial charge is 0.321 e. The van der Waals surface area contributed by atoms with Gasteiger partial charge >= 0.3 is 6.03 Å². The third-order valence-corrected chi connectivity index (χ3v) is 4.85. The highest BCUT2D eigenvalue weighted by Crippen LogP contribution is 2.18. The van der Waals surface area contributed by atoms with Crippen LogP contribution in [-0.4, -0.2) is 52.2 Å². The summed E-state index contributed by atoms with van der Waals surface area (Å²) in [5.41, 5.74) is 1.64. The number of urea groups is 1. The molecule has 1 fully saturated rings. The Morgan fingerprint density at radius 2 is 1.71 bits per heavy atom. The van der Waals surface area contributed by atoms with E-state index in [1.807, 2.05) is 30.3 Å². The Morgan fingerprint density at radius 3 is 2.43 bits per heavy atom. The van der Waals surface area contributed by atoms with Gasteiger partial charge in [0.05, 0.1) is 6.54 Å². The molecular weight excluding hydrogens is 378 g/mol. The van der Waals surface area contributed by atoms with E-state index in [0.717, 1.165) is 24.3 Å². The van der Waals surface area contributed by atoms with E-state index < -0.39 is 0 Å². The molecule has 2 amide bonds. The van der Waals surface area contributed by atoms with Gasteiger partial charge in [0.1, 0.15) is 0 Å². The molecule has 1 aliphatic rings. The van der Waals surface area contributed by atoms with E-state index in [0.29, 0.717) is 36.4 Å². The van der Waals surface area contributed by atoms with Crippen molar-refractivity contribution >= 4 is 23.3 Å². The molecule has 0 aliphatic carbocycles. The summed E-state index contributed by atoms with van der Waals surface area (Å²) in [6.45, 7) is 3.35. The first-order valence-corrected chi connectivity index (χ1v) is 9.47. The minimum atomic E-state index is -0.105. The van der Waals surface area contributed by atoms with Gasteiger partial charge in [-0.2, -0.15) is 0 Å². The van der Waals surface area contributed by atoms with Crippen molar-refractivity contribution in [3.63, 3.8) is 0 Å². The third-order valence-electron chi connectivity index (χ3n) is 4.60. The highest BCUT2D eigenvalue weighted by atomic mass is 35.5. The van der Waals surface area contributed by atoms with E-state index in [2.05, 4.69) is 20.4 Å². The van der Waals surface area contributed by atoms with Crippen LogP contribution in [0.2, 0.25) is 5.02 Å². The number of hydrogen-bond acceptors (Lipinski definition) is 5. The van der Waals surface area contributed by atoms with Crippen molar-refractivity contribution in [2.75, 3.05) is 31.5 Å². The van der Waals surface area contributed by atoms with Gasteiger partial charge in [-0.05, 0) is 36.4 Å². The Bertz CT molecular complexity index is 921. The van der Waals surface area contributed by atoms with Crippen LogP contribution in [0.3, 0.4) is 0 Å². The number of anilines is 1. The topological polar surface area (TPSA) is 74.5 Å². The van der Waals surface area contributed by atoms with Gasteiger partial charge in [0.15, 0.2) is 0 Å². The van der Waals surface area contributed by atoms with Crippen LogP contribution in [0.15, 0.2) is 59.0 Å². The lowest BCUT2D eigenvalue weighted by molar-refractivity contribution is 0.136. The Morgan fingerprint density at radius 1 is 1.00 bits per heavy atom. The quantitative estimate of drug-likeness (QED) is 0.725. The molecule has 1 saturated heterocycles. The molecule has 7 nitrogen and oxygen atoms in total. The summed E-state index contributed by atoms with van der Waals surface area (Å²) >= 11 is 5.87. The molecule has 2 aromatic carbocycles. The zero-order valence-corrected chi connectivity index (χ0v) is 16.0. The van der Waals surface area contributed by atoms with E-state index >= 15 is 0 Å². The van der Waals surface area contributed by atoms with Crippen LogP contribution in [0.25, 0.3) is 11.5 Å². The molecule has 0 unspecified atom stereocenters. The average Bonchev–Trinajstić information content (AvgIpc) is 3.19. The maximum absolute atomic E-state index is 12.4. The molecule has 144 valence electrons. The average molecular weight is 398 g/mol. The van der Waals surface area contributed by atoms with Gasteiger partial charge in [-0.25, -0.2) is 4.79 Å². The fraction of sp³-hybridized carbons (Fsp3) is 0.250. The number of nitrogens with zero attached hydrogens (tertiary/aromatic N) is 4. The van der Waals surface area contributed by atoms with Crippen molar-refractivity contribution in [1.29, 1.82) is 0 Å². The first-order chi connectivity index (χ1) is 13.7. The minimum Gasteiger partial charge on any atom is -0.419 e. The number of aromatic nitrogens is 2. The van der Waals surface area contributed by atoms with Crippen LogP contribution >= 0.6 is 11.6 Å². The fourth-order valence-corrected chi connectivity index (χ4v) is 3.18. The van der Waals surface area contributed by atoms with Crippen LogP contribution in [-0.2, 0) is 6.54 Å². The summed E-state index contributed by atoms with van der Waals surface area (Å²) < 4.78 is 5.77. The van der Waals surface area contributed by atoms with Crippen molar-refractivity contribution in [3.05, 3.63) is 65.5 Å². The number of carbonyl (C=O) groups is 1. The highest BCUT2D eigenvalue weighted by molar-refractivity contribution is 6.30. The molecule has 1 N–H and O–H groups in total. The first kappa shape index (κ1) is 18.5. The molecule has 0 atom stereocenters. The summed E-state index contributed by atoms with van der Waals surface area (Å²) in [6, 6.07) is 16.7. The maximum atomic E-state index is 12.4. The van der Waals surface area contributed by atoms with Gasteiger partial charge in [0.2, 0.25) is 11.8 Å². The summed E-state index contributed by atoms with van der Waals surface area (Å²) in [4.78, 5) is 16.4. The first-order valence-electron chi connectivity index (χ1n) is 9.09. The Hall–Kier alpha value is -2.90. The van der Waals surface area contributed by atoms with Crippen LogP contribution in [0.1, 0.15) is 5.89 Å². The number of halogens is 1. The predicted molar refractivity (Wildman–Crippen MR) is 107 cm³/mol. The zero-order valence-electron chi connectivity index (χ0n) is 15.2. The zero-order chi connectivity index (χ0) is 19.3. The number of amides is 2. The molecule has 0 radical (unpaired) electrons. The van der Waals surface area contributed by atoms with Crippen LogP contribution in [0.5, 0.6) is 0 Å². The summed E-state index contributed by atoms with van der Waals surface area (Å²) in [6.07, 6.45) is 0. The van der Waals surface area contributed by atoms with Crippen molar-refractivity contribution in [3.8, 4) is 11.5 Å². The fourth-order valence-electron chi connectivity index (χ4n) is 3.05. The summed E-state index contributed by atoms with van der Waals surface area (Å²) in [5.74, 6) is 1.11. The van der Waals surface area contributed by atoms with E-state index in [1.165, 1.54) is 0 Å². The molecule has 1 aromatic heterocycles. The van der Waals surface area contributed by atoms with Crippen molar-refractivity contribution in [2.24, 2.45) is 0 Å². The second kappa shape index (κ2) is 8.41. The maximum Gasteiger partial charge on any atom is 0.321 e. The van der Waals surface area contributed by atoms with Crippen molar-refractivity contribution < 1.29 is 9.21 Å². The Balaban J connectivity index is 1.28. The molecule has 0 bridgehead atoms. The third kappa shape index (κ3) is 4.49. The standard InChI is InChI=1S/C20H20ClN5O2/c21-16-6-8-17(9-7-16)22-20(27)26-12-10-25(11-13-26)14-18-23-24-19(28-18)15-4-2-1-3-5-15/h1-9H,10-14H2,(H,22,27). The molecule has 0 spiro atoms. The second-order valence-corrected chi connectivity index (χ2v) is 7.00. The largest absolute Gasteiger partial charge is 0.419 e. The number of benzene rings is 2. The van der Waals surface area contributed by atoms with E-state index in [9.17, 15) is 4.79 Å². The minimum absolute atomic E-state index is 0.105. The van der Waals surface area contributed by atoms with E-state index in [1.54, 1.807) is 29.2 Å². The van der Waals surface area contributed by atoms with Crippen molar-refractivity contribution in [2.45, 2.75) is 6.54 Å². The summed E-state index contributed by atoms with van der Waals surface area (Å²) in [7, 11) is 0. The molecule has 2 heterocycles. The normalized spacial score (nSPS) is 14.8. The summed E-state index contributed by atoms with van der Waals surface area (Å²) in [5, 5.41) is 11.8. The molecule has 8 heteroatoms. The molecule has 1 aliphatic heterocycles. The second-order valence-electron chi connectivity index (χ2n) is 6.57. The predicted octanol–water partition coefficient (Wildman–Crippen LogP) is 3.74. The van der Waals surface area contributed by atoms with Gasteiger partial charge in [-0.1, -0.05) is 29.8 Å². The van der Waals surface area contributed by atoms with Crippen LogP contribution in [0.4, 0.5) is 10.5 Å². The lowest BCUT2D eigenvalue weighted by atomic mass is 10.2. The van der Waals surface area contributed by atoms with Gasteiger partial charge < -0.3 is 14.6 Å². The van der Waals surface area contributed by atoms with E-state index in [4.69, 9.17) is 16.0 Å². The van der Waals surface area contributed by atoms with Gasteiger partial charge in [0, 0.05) is 42.5 Å². The van der Waals surface area contributed by atoms with E-state index in [-0.39, 0.29) is 6.03 Å². The number of hydrogen-bond donors (Lipinski definition) is 1. The van der Waals surface area contributed by atoms with Gasteiger partial charge in [-0.3, -0.25) is 4.90 Å². The van der Waals surface area contributed by atoms with Crippen LogP contribution < -0.4 is 5.32 Å². The monoisotopic (exact) mass is 397 g/mol. The number of rotatable bonds is 4. The Kier molecular flexibility index (Phi) is 5.55. The molecule has 4 rings (SSSR count). The number of piperazine rings is 1. The van der Waals surface area contributed by atoms with Gasteiger partial charge in [-0.15, -0.1) is 10.2 Å². The SMILES string of the molecule is O=C(Nc1ccc(Cl)cc1)N1CCN(Cc2nnc(-c3ccccc3)o2)CC1. The van der Waals surface area contributed by atoms with Gasteiger partial charge in [0.25, 0.3) is 0 Å². The molecular formula is C20H20ClN5O2. The molecule has 28 heavy (non-hydrogen) atoms. The number of carbonyl (C=O) groups excluding carboxylic acids is 1. The number of nitrogens with one attached hydrogen (secondary N) is 1. The lowest BCUT2D eigenvalue weighted by Gasteiger charge is -2.33. The highest BCUT2D eigenvalue weighted by Gasteiger charge is 2.22. The molecule has 3 aromatic rings. The molecule has 0 saturated carbocycles.